The second kappa shape index (κ2) is 5.47. The second-order valence-corrected chi connectivity index (χ2v) is 4.20. The summed E-state index contributed by atoms with van der Waals surface area (Å²) in [5, 5.41) is 3.23. The molecule has 0 spiro atoms. The molecule has 0 saturated heterocycles. The van der Waals surface area contributed by atoms with Crippen LogP contribution in [0.3, 0.4) is 0 Å². The first kappa shape index (κ1) is 11.7. The highest BCUT2D eigenvalue weighted by atomic mass is 79.9. The van der Waals surface area contributed by atoms with Crippen molar-refractivity contribution in [2.75, 3.05) is 7.05 Å². The zero-order valence-electron chi connectivity index (χ0n) is 8.48. The minimum absolute atomic E-state index is 0.203. The van der Waals surface area contributed by atoms with Gasteiger partial charge in [0.2, 0.25) is 0 Å². The van der Waals surface area contributed by atoms with Gasteiger partial charge in [-0.3, -0.25) is 0 Å². The summed E-state index contributed by atoms with van der Waals surface area (Å²) < 4.78 is 13.5. The van der Waals surface area contributed by atoms with Gasteiger partial charge in [0.05, 0.1) is 4.47 Å². The maximum Gasteiger partial charge on any atom is 0.137 e. The maximum atomic E-state index is 12.9. The zero-order valence-corrected chi connectivity index (χ0v) is 10.1. The molecular formula is C11H15BrFN. The second-order valence-electron chi connectivity index (χ2n) is 3.35. The van der Waals surface area contributed by atoms with Crippen LogP contribution in [0.1, 0.15) is 18.9 Å². The summed E-state index contributed by atoms with van der Waals surface area (Å²) in [5.74, 6) is -0.203. The molecule has 0 fully saturated rings. The van der Waals surface area contributed by atoms with Crippen molar-refractivity contribution in [3.8, 4) is 0 Å². The Hall–Kier alpha value is -0.410. The highest BCUT2D eigenvalue weighted by molar-refractivity contribution is 9.10. The molecule has 1 aromatic carbocycles. The quantitative estimate of drug-likeness (QED) is 0.877. The van der Waals surface area contributed by atoms with E-state index in [-0.39, 0.29) is 5.82 Å². The van der Waals surface area contributed by atoms with E-state index in [1.165, 1.54) is 6.07 Å². The van der Waals surface area contributed by atoms with Crippen LogP contribution < -0.4 is 5.32 Å². The van der Waals surface area contributed by atoms with E-state index in [0.717, 1.165) is 18.4 Å². The minimum atomic E-state index is -0.203. The number of hydrogen-bond donors (Lipinski definition) is 1. The Labute approximate surface area is 92.8 Å². The Bertz CT molecular complexity index is 297. The summed E-state index contributed by atoms with van der Waals surface area (Å²) in [7, 11) is 1.95. The maximum absolute atomic E-state index is 12.9. The number of halogens is 2. The van der Waals surface area contributed by atoms with E-state index in [1.54, 1.807) is 0 Å². The van der Waals surface area contributed by atoms with E-state index in [2.05, 4.69) is 28.2 Å². The summed E-state index contributed by atoms with van der Waals surface area (Å²) in [6.07, 6.45) is 2.01. The van der Waals surface area contributed by atoms with Crippen LogP contribution in [-0.2, 0) is 6.42 Å². The van der Waals surface area contributed by atoms with Gasteiger partial charge in [-0.15, -0.1) is 0 Å². The molecule has 3 heteroatoms. The number of rotatable bonds is 4. The molecule has 14 heavy (non-hydrogen) atoms. The molecule has 0 aliphatic carbocycles. The van der Waals surface area contributed by atoms with Crippen LogP contribution >= 0.6 is 15.9 Å². The van der Waals surface area contributed by atoms with E-state index < -0.39 is 0 Å². The molecule has 0 radical (unpaired) electrons. The zero-order chi connectivity index (χ0) is 10.6. The Morgan fingerprint density at radius 3 is 2.71 bits per heavy atom. The molecule has 0 saturated carbocycles. The van der Waals surface area contributed by atoms with Gasteiger partial charge in [-0.2, -0.15) is 0 Å². The van der Waals surface area contributed by atoms with E-state index in [1.807, 2.05) is 19.2 Å². The van der Waals surface area contributed by atoms with Crippen molar-refractivity contribution in [2.24, 2.45) is 0 Å². The van der Waals surface area contributed by atoms with Gasteiger partial charge in [0.1, 0.15) is 5.82 Å². The highest BCUT2D eigenvalue weighted by Gasteiger charge is 2.06. The summed E-state index contributed by atoms with van der Waals surface area (Å²) in [5.41, 5.74) is 1.15. The Balaban J connectivity index is 2.72. The van der Waals surface area contributed by atoms with Gasteiger partial charge in [-0.05, 0) is 53.5 Å². The van der Waals surface area contributed by atoms with E-state index in [0.29, 0.717) is 10.5 Å². The smallest absolute Gasteiger partial charge is 0.137 e. The first-order valence-electron chi connectivity index (χ1n) is 4.78. The molecule has 0 aliphatic heterocycles. The van der Waals surface area contributed by atoms with Crippen molar-refractivity contribution < 1.29 is 4.39 Å². The average molecular weight is 260 g/mol. The molecule has 78 valence electrons. The first-order chi connectivity index (χ1) is 6.67. The third-order valence-electron chi connectivity index (χ3n) is 2.37. The van der Waals surface area contributed by atoms with Gasteiger partial charge < -0.3 is 5.32 Å². The Morgan fingerprint density at radius 2 is 2.21 bits per heavy atom. The van der Waals surface area contributed by atoms with Gasteiger partial charge in [-0.25, -0.2) is 4.39 Å². The minimum Gasteiger partial charge on any atom is -0.317 e. The van der Waals surface area contributed by atoms with E-state index in [4.69, 9.17) is 0 Å². The van der Waals surface area contributed by atoms with Crippen LogP contribution in [0.5, 0.6) is 0 Å². The van der Waals surface area contributed by atoms with Crippen molar-refractivity contribution in [1.82, 2.24) is 5.32 Å². The molecule has 0 bridgehead atoms. The first-order valence-corrected chi connectivity index (χ1v) is 5.57. The molecule has 0 amide bonds. The lowest BCUT2D eigenvalue weighted by Gasteiger charge is -2.13. The van der Waals surface area contributed by atoms with E-state index in [9.17, 15) is 4.39 Å². The van der Waals surface area contributed by atoms with Crippen LogP contribution in [0.4, 0.5) is 4.39 Å². The molecule has 1 rings (SSSR count). The van der Waals surface area contributed by atoms with Crippen LogP contribution in [0.2, 0.25) is 0 Å². The van der Waals surface area contributed by atoms with Crippen molar-refractivity contribution in [3.63, 3.8) is 0 Å². The number of likely N-dealkylation sites (N-methyl/N-ethyl adjacent to an activating group) is 1. The van der Waals surface area contributed by atoms with Crippen LogP contribution in [0, 0.1) is 5.82 Å². The molecule has 1 atom stereocenters. The van der Waals surface area contributed by atoms with Crippen LogP contribution in [0.15, 0.2) is 22.7 Å². The van der Waals surface area contributed by atoms with Crippen molar-refractivity contribution >= 4 is 15.9 Å². The fraction of sp³-hybridized carbons (Fsp3) is 0.455. The fourth-order valence-electron chi connectivity index (χ4n) is 1.40. The molecule has 0 aliphatic rings. The third kappa shape index (κ3) is 3.07. The predicted molar refractivity (Wildman–Crippen MR) is 60.9 cm³/mol. The topological polar surface area (TPSA) is 12.0 Å². The molecule has 0 heterocycles. The monoisotopic (exact) mass is 259 g/mol. The van der Waals surface area contributed by atoms with Gasteiger partial charge in [-0.1, -0.05) is 13.0 Å². The van der Waals surface area contributed by atoms with Crippen LogP contribution in [-0.4, -0.2) is 13.1 Å². The summed E-state index contributed by atoms with van der Waals surface area (Å²) >= 11 is 3.18. The number of benzene rings is 1. The highest BCUT2D eigenvalue weighted by Crippen LogP contribution is 2.18. The lowest BCUT2D eigenvalue weighted by atomic mass is 10.0. The van der Waals surface area contributed by atoms with Crippen molar-refractivity contribution in [1.29, 1.82) is 0 Å². The van der Waals surface area contributed by atoms with Gasteiger partial charge in [0.25, 0.3) is 0 Å². The summed E-state index contributed by atoms with van der Waals surface area (Å²) in [6, 6.07) is 5.64. The fourth-order valence-corrected chi connectivity index (χ4v) is 1.83. The van der Waals surface area contributed by atoms with Gasteiger partial charge in [0, 0.05) is 6.04 Å². The molecule has 0 aromatic heterocycles. The summed E-state index contributed by atoms with van der Waals surface area (Å²) in [4.78, 5) is 0. The average Bonchev–Trinajstić information content (AvgIpc) is 2.19. The largest absolute Gasteiger partial charge is 0.317 e. The van der Waals surface area contributed by atoms with Crippen LogP contribution in [0.25, 0.3) is 0 Å². The van der Waals surface area contributed by atoms with E-state index >= 15 is 0 Å². The predicted octanol–water partition coefficient (Wildman–Crippen LogP) is 3.13. The molecular weight excluding hydrogens is 245 g/mol. The van der Waals surface area contributed by atoms with Crippen molar-refractivity contribution in [3.05, 3.63) is 34.1 Å². The number of hydrogen-bond acceptors (Lipinski definition) is 1. The molecule has 1 N–H and O–H groups in total. The standard InChI is InChI=1S/C11H15BrFN/c1-3-9(14-2)6-8-4-5-11(13)10(12)7-8/h4-5,7,9,14H,3,6H2,1-2H3. The molecule has 1 nitrogen and oxygen atoms in total. The Morgan fingerprint density at radius 1 is 1.50 bits per heavy atom. The SMILES string of the molecule is CCC(Cc1ccc(F)c(Br)c1)NC. The molecule has 1 aromatic rings. The molecule has 1 unspecified atom stereocenters. The normalized spacial score (nSPS) is 12.9. The third-order valence-corrected chi connectivity index (χ3v) is 2.97. The van der Waals surface area contributed by atoms with Crippen molar-refractivity contribution in [2.45, 2.75) is 25.8 Å². The lowest BCUT2D eigenvalue weighted by Crippen LogP contribution is -2.26. The lowest BCUT2D eigenvalue weighted by molar-refractivity contribution is 0.542. The summed E-state index contributed by atoms with van der Waals surface area (Å²) in [6.45, 7) is 2.14. The van der Waals surface area contributed by atoms with Gasteiger partial charge in [0.15, 0.2) is 0 Å². The van der Waals surface area contributed by atoms with Gasteiger partial charge >= 0.3 is 0 Å². The number of nitrogens with one attached hydrogen (secondary N) is 1. The Kier molecular flexibility index (Phi) is 4.55.